The molecule has 33 heavy (non-hydrogen) atoms. The van der Waals surface area contributed by atoms with Crippen LogP contribution >= 0.6 is 0 Å². The molecule has 2 aromatic carbocycles. The van der Waals surface area contributed by atoms with Crippen LogP contribution in [0, 0.1) is 5.92 Å². The normalized spacial score (nSPS) is 31.6. The van der Waals surface area contributed by atoms with E-state index in [0.29, 0.717) is 11.8 Å². The van der Waals surface area contributed by atoms with E-state index in [0.717, 1.165) is 6.42 Å². The van der Waals surface area contributed by atoms with Crippen LogP contribution in [0.4, 0.5) is 0 Å². The van der Waals surface area contributed by atoms with E-state index in [4.69, 9.17) is 4.74 Å². The van der Waals surface area contributed by atoms with Gasteiger partial charge in [-0.15, -0.1) is 0 Å². The summed E-state index contributed by atoms with van der Waals surface area (Å²) in [5.41, 5.74) is 5.66. The SMILES string of the molecule is C(=C1\CCCC2=C1O[C@]1(N3CCCCC3)CCCC[C@@H]1[C@@H]2c1ccccc1)/c1ccccc1. The number of hydrogen-bond acceptors (Lipinski definition) is 2. The molecule has 172 valence electrons. The van der Waals surface area contributed by atoms with Gasteiger partial charge in [0.1, 0.15) is 5.76 Å². The number of piperidine rings is 1. The molecule has 1 saturated carbocycles. The Bertz CT molecular complexity index is 1020. The van der Waals surface area contributed by atoms with Gasteiger partial charge in [0, 0.05) is 31.3 Å². The van der Waals surface area contributed by atoms with Crippen molar-refractivity contribution in [2.75, 3.05) is 13.1 Å². The number of hydrogen-bond donors (Lipinski definition) is 0. The van der Waals surface area contributed by atoms with E-state index in [1.54, 1.807) is 5.57 Å². The first-order chi connectivity index (χ1) is 16.4. The first-order valence-electron chi connectivity index (χ1n) is 13.3. The van der Waals surface area contributed by atoms with Gasteiger partial charge in [-0.2, -0.15) is 0 Å². The molecule has 4 aliphatic rings. The zero-order valence-corrected chi connectivity index (χ0v) is 19.8. The van der Waals surface area contributed by atoms with Crippen molar-refractivity contribution in [3.05, 3.63) is 88.7 Å². The van der Waals surface area contributed by atoms with Crippen LogP contribution in [0.25, 0.3) is 6.08 Å². The lowest BCUT2D eigenvalue weighted by Crippen LogP contribution is -2.61. The van der Waals surface area contributed by atoms with Crippen LogP contribution < -0.4 is 0 Å². The van der Waals surface area contributed by atoms with Crippen molar-refractivity contribution in [3.63, 3.8) is 0 Å². The lowest BCUT2D eigenvalue weighted by atomic mass is 9.64. The molecule has 0 aromatic heterocycles. The summed E-state index contributed by atoms with van der Waals surface area (Å²) in [6.45, 7) is 2.39. The first kappa shape index (κ1) is 21.2. The number of benzene rings is 2. The lowest BCUT2D eigenvalue weighted by molar-refractivity contribution is -0.202. The fraction of sp³-hybridized carbons (Fsp3) is 0.484. The van der Waals surface area contributed by atoms with Crippen LogP contribution in [0.5, 0.6) is 0 Å². The summed E-state index contributed by atoms with van der Waals surface area (Å²) in [6.07, 6.45) is 15.0. The largest absolute Gasteiger partial charge is 0.472 e. The molecule has 2 aromatic rings. The maximum Gasteiger partial charge on any atom is 0.167 e. The fourth-order valence-corrected chi connectivity index (χ4v) is 7.17. The van der Waals surface area contributed by atoms with Gasteiger partial charge in [0.15, 0.2) is 5.72 Å². The monoisotopic (exact) mass is 439 g/mol. The van der Waals surface area contributed by atoms with E-state index in [-0.39, 0.29) is 5.72 Å². The summed E-state index contributed by atoms with van der Waals surface area (Å²) in [5.74, 6) is 2.29. The highest BCUT2D eigenvalue weighted by Crippen LogP contribution is 2.57. The third-order valence-corrected chi connectivity index (χ3v) is 8.60. The molecule has 0 amide bonds. The molecule has 0 N–H and O–H groups in total. The molecule has 0 spiro atoms. The third-order valence-electron chi connectivity index (χ3n) is 8.60. The summed E-state index contributed by atoms with van der Waals surface area (Å²) in [4.78, 5) is 2.77. The van der Waals surface area contributed by atoms with Crippen LogP contribution in [0.3, 0.4) is 0 Å². The highest BCUT2D eigenvalue weighted by atomic mass is 16.5. The number of rotatable bonds is 3. The van der Waals surface area contributed by atoms with E-state index in [2.05, 4.69) is 71.6 Å². The fourth-order valence-electron chi connectivity index (χ4n) is 7.17. The van der Waals surface area contributed by atoms with Crippen LogP contribution in [0.1, 0.15) is 81.3 Å². The number of ether oxygens (including phenoxy) is 1. The zero-order valence-electron chi connectivity index (χ0n) is 19.8. The first-order valence-corrected chi connectivity index (χ1v) is 13.3. The Balaban J connectivity index is 1.51. The van der Waals surface area contributed by atoms with Crippen LogP contribution in [-0.4, -0.2) is 23.7 Å². The van der Waals surface area contributed by atoms with E-state index in [1.807, 2.05) is 0 Å². The highest BCUT2D eigenvalue weighted by molar-refractivity contribution is 5.60. The summed E-state index contributed by atoms with van der Waals surface area (Å²) >= 11 is 0. The Kier molecular flexibility index (Phi) is 5.88. The van der Waals surface area contributed by atoms with Gasteiger partial charge >= 0.3 is 0 Å². The molecule has 2 heterocycles. The van der Waals surface area contributed by atoms with Crippen molar-refractivity contribution in [1.82, 2.24) is 4.90 Å². The number of likely N-dealkylation sites (tertiary alicyclic amines) is 1. The number of nitrogens with zero attached hydrogens (tertiary/aromatic N) is 1. The lowest BCUT2D eigenvalue weighted by Gasteiger charge is -2.58. The van der Waals surface area contributed by atoms with Gasteiger partial charge in [-0.1, -0.05) is 73.5 Å². The number of allylic oxidation sites excluding steroid dienone is 2. The Morgan fingerprint density at radius 1 is 0.788 bits per heavy atom. The Hall–Kier alpha value is -2.32. The average Bonchev–Trinajstić information content (AvgIpc) is 2.89. The van der Waals surface area contributed by atoms with Crippen molar-refractivity contribution < 1.29 is 4.74 Å². The Labute approximate surface area is 199 Å². The smallest absolute Gasteiger partial charge is 0.167 e. The summed E-state index contributed by atoms with van der Waals surface area (Å²) in [6, 6.07) is 22.2. The Morgan fingerprint density at radius 3 is 2.33 bits per heavy atom. The van der Waals surface area contributed by atoms with Gasteiger partial charge in [-0.3, -0.25) is 4.90 Å². The van der Waals surface area contributed by atoms with Gasteiger partial charge in [0.2, 0.25) is 0 Å². The van der Waals surface area contributed by atoms with Crippen molar-refractivity contribution in [3.8, 4) is 0 Å². The molecule has 0 unspecified atom stereocenters. The maximum atomic E-state index is 7.40. The third kappa shape index (κ3) is 3.87. The van der Waals surface area contributed by atoms with Gasteiger partial charge in [-0.05, 0) is 73.3 Å². The van der Waals surface area contributed by atoms with Crippen LogP contribution in [0.2, 0.25) is 0 Å². The topological polar surface area (TPSA) is 12.5 Å². The minimum Gasteiger partial charge on any atom is -0.472 e. The maximum absolute atomic E-state index is 7.40. The molecule has 3 atom stereocenters. The van der Waals surface area contributed by atoms with E-state index >= 15 is 0 Å². The molecule has 0 radical (unpaired) electrons. The molecular formula is C31H37NO. The quantitative estimate of drug-likeness (QED) is 0.486. The summed E-state index contributed by atoms with van der Waals surface area (Å²) in [7, 11) is 0. The minimum absolute atomic E-state index is 0.134. The summed E-state index contributed by atoms with van der Waals surface area (Å²) < 4.78 is 7.40. The van der Waals surface area contributed by atoms with Gasteiger partial charge in [-0.25, -0.2) is 0 Å². The molecule has 0 bridgehead atoms. The van der Waals surface area contributed by atoms with Crippen LogP contribution in [-0.2, 0) is 4.74 Å². The minimum atomic E-state index is -0.134. The average molecular weight is 440 g/mol. The second kappa shape index (κ2) is 9.14. The molecular weight excluding hydrogens is 402 g/mol. The van der Waals surface area contributed by atoms with Gasteiger partial charge in [0.05, 0.1) is 0 Å². The predicted molar refractivity (Wildman–Crippen MR) is 136 cm³/mol. The molecule has 6 rings (SSSR count). The van der Waals surface area contributed by atoms with E-state index < -0.39 is 0 Å². The van der Waals surface area contributed by atoms with E-state index in [1.165, 1.54) is 93.3 Å². The van der Waals surface area contributed by atoms with Gasteiger partial charge < -0.3 is 4.74 Å². The zero-order chi connectivity index (χ0) is 22.1. The second-order valence-electron chi connectivity index (χ2n) is 10.5. The molecule has 2 fully saturated rings. The molecule has 2 aliphatic carbocycles. The summed E-state index contributed by atoms with van der Waals surface area (Å²) in [5, 5.41) is 0. The van der Waals surface area contributed by atoms with Crippen molar-refractivity contribution in [2.45, 2.75) is 75.9 Å². The molecule has 1 saturated heterocycles. The van der Waals surface area contributed by atoms with Crippen molar-refractivity contribution in [2.24, 2.45) is 5.92 Å². The van der Waals surface area contributed by atoms with E-state index in [9.17, 15) is 0 Å². The molecule has 2 heteroatoms. The molecule has 2 nitrogen and oxygen atoms in total. The Morgan fingerprint density at radius 2 is 1.55 bits per heavy atom. The van der Waals surface area contributed by atoms with Gasteiger partial charge in [0.25, 0.3) is 0 Å². The number of fused-ring (bicyclic) bond motifs is 1. The van der Waals surface area contributed by atoms with Crippen molar-refractivity contribution in [1.29, 1.82) is 0 Å². The van der Waals surface area contributed by atoms with Crippen LogP contribution in [0.15, 0.2) is 77.6 Å². The van der Waals surface area contributed by atoms with Crippen molar-refractivity contribution >= 4 is 6.08 Å². The highest BCUT2D eigenvalue weighted by Gasteiger charge is 2.55. The standard InChI is InChI=1S/C31H37NO/c1-4-13-24(14-5-1)23-26-17-12-18-27-29(25-15-6-2-7-16-25)28-19-8-9-20-31(28,33-30(26)27)32-21-10-3-11-22-32/h1-2,4-7,13-16,23,28-29H,3,8-12,17-22H2/b26-23-/t28-,29-,31-/m1/s1. The molecule has 2 aliphatic heterocycles. The predicted octanol–water partition coefficient (Wildman–Crippen LogP) is 7.69. The second-order valence-corrected chi connectivity index (χ2v) is 10.5.